The second-order valence-electron chi connectivity index (χ2n) is 8.52. The molecule has 5 nitrogen and oxygen atoms in total. The largest absolute Gasteiger partial charge is 0.464 e. The Morgan fingerprint density at radius 3 is 2.19 bits per heavy atom. The van der Waals surface area contributed by atoms with Crippen molar-refractivity contribution in [2.24, 2.45) is 23.5 Å². The Labute approximate surface area is 155 Å². The van der Waals surface area contributed by atoms with Gasteiger partial charge in [-0.05, 0) is 81.6 Å². The first-order valence-corrected chi connectivity index (χ1v) is 9.94. The zero-order chi connectivity index (χ0) is 18.7. The van der Waals surface area contributed by atoms with Crippen LogP contribution in [-0.4, -0.2) is 36.1 Å². The lowest BCUT2D eigenvalue weighted by Gasteiger charge is -2.60. The first kappa shape index (κ1) is 19.2. The van der Waals surface area contributed by atoms with Crippen LogP contribution >= 0.6 is 0 Å². The summed E-state index contributed by atoms with van der Waals surface area (Å²) in [7, 11) is 1.17. The monoisotopic (exact) mass is 366 g/mol. The van der Waals surface area contributed by atoms with E-state index in [0.717, 1.165) is 56.3 Å². The molecule has 0 heterocycles. The van der Waals surface area contributed by atoms with Crippen LogP contribution in [-0.2, 0) is 9.53 Å². The number of amides is 2. The van der Waals surface area contributed by atoms with Crippen molar-refractivity contribution >= 4 is 12.0 Å². The quantitative estimate of drug-likeness (QED) is 0.402. The van der Waals surface area contributed by atoms with Gasteiger partial charge in [-0.2, -0.15) is 4.39 Å². The third-order valence-electron chi connectivity index (χ3n) is 6.63. The Morgan fingerprint density at radius 1 is 1.12 bits per heavy atom. The van der Waals surface area contributed by atoms with Crippen molar-refractivity contribution in [3.05, 3.63) is 11.9 Å². The number of carbonyl (C=O) groups excluding carboxylic acids is 2. The lowest BCUT2D eigenvalue weighted by atomic mass is 9.52. The Kier molecular flexibility index (Phi) is 5.88. The van der Waals surface area contributed by atoms with E-state index in [9.17, 15) is 14.0 Å². The number of carbonyl (C=O) groups is 2. The lowest BCUT2D eigenvalue weighted by molar-refractivity contribution is -0.137. The minimum absolute atomic E-state index is 0.00250. The van der Waals surface area contributed by atoms with Crippen molar-refractivity contribution in [2.75, 3.05) is 13.7 Å². The molecule has 146 valence electrons. The molecule has 4 bridgehead atoms. The number of urea groups is 1. The highest BCUT2D eigenvalue weighted by Crippen LogP contribution is 2.57. The maximum absolute atomic E-state index is 13.3. The van der Waals surface area contributed by atoms with E-state index in [1.54, 1.807) is 0 Å². The number of methoxy groups -OCH3 is 1. The van der Waals surface area contributed by atoms with Crippen molar-refractivity contribution in [1.29, 1.82) is 0 Å². The molecule has 0 atom stereocenters. The maximum atomic E-state index is 13.3. The van der Waals surface area contributed by atoms with E-state index in [0.29, 0.717) is 13.0 Å². The number of hydrogen-bond donors (Lipinski definition) is 1. The summed E-state index contributed by atoms with van der Waals surface area (Å²) >= 11 is 0. The molecule has 0 aromatic rings. The fourth-order valence-electron chi connectivity index (χ4n) is 5.98. The predicted octanol–water partition coefficient (Wildman–Crippen LogP) is 3.92. The molecule has 0 aromatic heterocycles. The topological polar surface area (TPSA) is 72.6 Å². The van der Waals surface area contributed by atoms with Gasteiger partial charge in [-0.15, -0.1) is 0 Å². The number of ether oxygens (including phenoxy) is 1. The van der Waals surface area contributed by atoms with Crippen LogP contribution < -0.4 is 5.73 Å². The van der Waals surface area contributed by atoms with Crippen LogP contribution in [0.25, 0.3) is 0 Å². The number of hydrogen-bond acceptors (Lipinski definition) is 3. The highest BCUT2D eigenvalue weighted by atomic mass is 19.1. The molecule has 4 aliphatic rings. The van der Waals surface area contributed by atoms with Gasteiger partial charge in [-0.3, -0.25) is 0 Å². The Morgan fingerprint density at radius 2 is 1.69 bits per heavy atom. The van der Waals surface area contributed by atoms with Crippen molar-refractivity contribution < 1.29 is 18.7 Å². The van der Waals surface area contributed by atoms with Gasteiger partial charge in [0.15, 0.2) is 0 Å². The van der Waals surface area contributed by atoms with Crippen LogP contribution in [0.15, 0.2) is 11.9 Å². The van der Waals surface area contributed by atoms with Gasteiger partial charge in [0, 0.05) is 12.1 Å². The number of allylic oxidation sites excluding steroid dienone is 1. The van der Waals surface area contributed by atoms with Crippen molar-refractivity contribution in [3.8, 4) is 0 Å². The van der Waals surface area contributed by atoms with E-state index in [2.05, 4.69) is 4.74 Å². The van der Waals surface area contributed by atoms with E-state index in [4.69, 9.17) is 5.73 Å². The molecule has 0 spiro atoms. The van der Waals surface area contributed by atoms with Gasteiger partial charge < -0.3 is 15.4 Å². The lowest BCUT2D eigenvalue weighted by Crippen LogP contribution is -2.62. The summed E-state index contributed by atoms with van der Waals surface area (Å²) in [6.45, 7) is 0.685. The molecule has 26 heavy (non-hydrogen) atoms. The van der Waals surface area contributed by atoms with E-state index in [-0.39, 0.29) is 11.6 Å². The number of rotatable bonds is 8. The molecule has 2 amide bonds. The van der Waals surface area contributed by atoms with Gasteiger partial charge in [-0.1, -0.05) is 6.42 Å². The Hall–Kier alpha value is -1.59. The fourth-order valence-corrected chi connectivity index (χ4v) is 5.98. The molecule has 2 N–H and O–H groups in total. The smallest absolute Gasteiger partial charge is 0.366 e. The third-order valence-corrected chi connectivity index (χ3v) is 6.63. The minimum atomic E-state index is -0.924. The maximum Gasteiger partial charge on any atom is 0.366 e. The Bertz CT molecular complexity index is 540. The number of nitrogens with two attached hydrogens (primary N) is 1. The SMILES string of the molecule is COC(=O)C(F)=CCCCCCN(C(N)=O)C12CC3CC(CC(C3)C1)C2. The molecule has 6 heteroatoms. The summed E-state index contributed by atoms with van der Waals surface area (Å²) in [4.78, 5) is 25.1. The van der Waals surface area contributed by atoms with E-state index >= 15 is 0 Å². The highest BCUT2D eigenvalue weighted by molar-refractivity contribution is 5.85. The molecular formula is C20H31FN2O3. The number of halogens is 1. The zero-order valence-electron chi connectivity index (χ0n) is 15.7. The second kappa shape index (κ2) is 7.97. The zero-order valence-corrected chi connectivity index (χ0v) is 15.7. The van der Waals surface area contributed by atoms with E-state index < -0.39 is 11.8 Å². The second-order valence-corrected chi connectivity index (χ2v) is 8.52. The first-order chi connectivity index (χ1) is 12.4. The van der Waals surface area contributed by atoms with Crippen LogP contribution in [0, 0.1) is 17.8 Å². The molecule has 0 saturated heterocycles. The summed E-state index contributed by atoms with van der Waals surface area (Å²) in [6.07, 6.45) is 11.7. The standard InChI is InChI=1S/C20H31FN2O3/c1-26-18(24)17(21)6-4-2-3-5-7-23(19(22)25)20-11-14-8-15(12-20)10-16(9-14)13-20/h6,14-16H,2-5,7-13H2,1H3,(H2,22,25). The van der Waals surface area contributed by atoms with Crippen LogP contribution in [0.2, 0.25) is 0 Å². The molecule has 0 aromatic carbocycles. The molecule has 4 aliphatic carbocycles. The molecule has 4 saturated carbocycles. The van der Waals surface area contributed by atoms with Gasteiger partial charge in [0.1, 0.15) is 0 Å². The van der Waals surface area contributed by atoms with Crippen LogP contribution in [0.5, 0.6) is 0 Å². The average Bonchev–Trinajstić information content (AvgIpc) is 2.58. The number of primary amides is 1. The van der Waals surface area contributed by atoms with E-state index in [1.165, 1.54) is 32.4 Å². The number of nitrogens with zero attached hydrogens (tertiary/aromatic N) is 1. The van der Waals surface area contributed by atoms with Gasteiger partial charge in [0.05, 0.1) is 7.11 Å². The Balaban J connectivity index is 1.48. The molecule has 4 fully saturated rings. The predicted molar refractivity (Wildman–Crippen MR) is 96.9 cm³/mol. The van der Waals surface area contributed by atoms with Crippen LogP contribution in [0.4, 0.5) is 9.18 Å². The summed E-state index contributed by atoms with van der Waals surface area (Å²) in [5.74, 6) is 0.560. The highest BCUT2D eigenvalue weighted by Gasteiger charge is 2.54. The summed E-state index contributed by atoms with van der Waals surface area (Å²) in [5, 5.41) is 0. The van der Waals surface area contributed by atoms with Crippen LogP contribution in [0.3, 0.4) is 0 Å². The van der Waals surface area contributed by atoms with Gasteiger partial charge in [0.25, 0.3) is 0 Å². The normalized spacial score (nSPS) is 32.5. The summed E-state index contributed by atoms with van der Waals surface area (Å²) < 4.78 is 17.6. The minimum Gasteiger partial charge on any atom is -0.464 e. The first-order valence-electron chi connectivity index (χ1n) is 9.94. The average molecular weight is 366 g/mol. The van der Waals surface area contributed by atoms with Crippen molar-refractivity contribution in [2.45, 2.75) is 69.7 Å². The van der Waals surface area contributed by atoms with Gasteiger partial charge >= 0.3 is 12.0 Å². The third kappa shape index (κ3) is 4.04. The molecule has 0 radical (unpaired) electrons. The summed E-state index contributed by atoms with van der Waals surface area (Å²) in [6, 6.07) is -0.288. The van der Waals surface area contributed by atoms with Crippen molar-refractivity contribution in [3.63, 3.8) is 0 Å². The van der Waals surface area contributed by atoms with E-state index in [1.807, 2.05) is 4.90 Å². The molecule has 0 aliphatic heterocycles. The number of unbranched alkanes of at least 4 members (excludes halogenated alkanes) is 3. The van der Waals surface area contributed by atoms with Crippen LogP contribution in [0.1, 0.15) is 64.2 Å². The fraction of sp³-hybridized carbons (Fsp3) is 0.800. The molecule has 0 unspecified atom stereocenters. The van der Waals surface area contributed by atoms with Gasteiger partial charge in [-0.25, -0.2) is 9.59 Å². The number of esters is 1. The van der Waals surface area contributed by atoms with Gasteiger partial charge in [0.2, 0.25) is 5.83 Å². The summed E-state index contributed by atoms with van der Waals surface area (Å²) in [5.41, 5.74) is 5.76. The molecular weight excluding hydrogens is 335 g/mol. The molecule has 4 rings (SSSR count). The van der Waals surface area contributed by atoms with Crippen molar-refractivity contribution in [1.82, 2.24) is 4.90 Å².